The maximum atomic E-state index is 13.3. The standard InChI is InChI=1S/C22H27F2N5O3/c1-14(2)10-16(19-25-8-3-9-26-19)27-21(30)32-18-7-6-17(29-12-22(23,24)13-29)20(28-18)31-11-15-4-5-15/h3,6-9,14-16H,4-5,10-13H2,1-2H3,(H,27,30). The largest absolute Gasteiger partial charge is 0.476 e. The topological polar surface area (TPSA) is 89.5 Å². The van der Waals surface area contributed by atoms with Crippen LogP contribution in [0, 0.1) is 11.8 Å². The van der Waals surface area contributed by atoms with Gasteiger partial charge in [0.1, 0.15) is 5.69 Å². The van der Waals surface area contributed by atoms with Crippen molar-refractivity contribution in [3.05, 3.63) is 36.4 Å². The van der Waals surface area contributed by atoms with E-state index in [-0.39, 0.29) is 24.8 Å². The lowest BCUT2D eigenvalue weighted by molar-refractivity contribution is -0.0265. The lowest BCUT2D eigenvalue weighted by Crippen LogP contribution is -2.56. The maximum Gasteiger partial charge on any atom is 0.414 e. The van der Waals surface area contributed by atoms with Crippen LogP contribution in [-0.2, 0) is 0 Å². The Kier molecular flexibility index (Phi) is 6.38. The number of alkyl halides is 2. The van der Waals surface area contributed by atoms with Crippen molar-refractivity contribution < 1.29 is 23.0 Å². The highest BCUT2D eigenvalue weighted by molar-refractivity contribution is 5.71. The molecule has 1 saturated heterocycles. The van der Waals surface area contributed by atoms with Gasteiger partial charge >= 0.3 is 6.09 Å². The van der Waals surface area contributed by atoms with Crippen LogP contribution in [0.2, 0.25) is 0 Å². The summed E-state index contributed by atoms with van der Waals surface area (Å²) in [4.78, 5) is 26.8. The van der Waals surface area contributed by atoms with Gasteiger partial charge in [0.25, 0.3) is 5.92 Å². The molecule has 1 saturated carbocycles. The highest BCUT2D eigenvalue weighted by Crippen LogP contribution is 2.38. The summed E-state index contributed by atoms with van der Waals surface area (Å²) in [6.45, 7) is 3.76. The summed E-state index contributed by atoms with van der Waals surface area (Å²) in [6.07, 6.45) is 5.32. The molecule has 0 spiro atoms. The lowest BCUT2D eigenvalue weighted by atomic mass is 10.0. The smallest absolute Gasteiger partial charge is 0.414 e. The first-order valence-electron chi connectivity index (χ1n) is 10.8. The summed E-state index contributed by atoms with van der Waals surface area (Å²) < 4.78 is 37.8. The minimum Gasteiger partial charge on any atom is -0.476 e. The monoisotopic (exact) mass is 447 g/mol. The summed E-state index contributed by atoms with van der Waals surface area (Å²) in [5.74, 6) is -1.25. The molecule has 2 fully saturated rings. The average molecular weight is 447 g/mol. The van der Waals surface area contributed by atoms with Crippen molar-refractivity contribution in [2.75, 3.05) is 24.6 Å². The van der Waals surface area contributed by atoms with Gasteiger partial charge in [0.05, 0.1) is 25.7 Å². The van der Waals surface area contributed by atoms with Gasteiger partial charge in [-0.2, -0.15) is 4.98 Å². The number of hydrogen-bond acceptors (Lipinski definition) is 7. The number of carbonyl (C=O) groups is 1. The fourth-order valence-corrected chi connectivity index (χ4v) is 3.44. The van der Waals surface area contributed by atoms with Crippen LogP contribution in [0.25, 0.3) is 0 Å². The molecule has 172 valence electrons. The van der Waals surface area contributed by atoms with Crippen LogP contribution in [0.4, 0.5) is 19.3 Å². The molecular weight excluding hydrogens is 420 g/mol. The molecule has 32 heavy (non-hydrogen) atoms. The van der Waals surface area contributed by atoms with Crippen molar-refractivity contribution in [3.8, 4) is 11.8 Å². The van der Waals surface area contributed by atoms with E-state index in [0.29, 0.717) is 36.4 Å². The highest BCUT2D eigenvalue weighted by Gasteiger charge is 2.45. The number of ether oxygens (including phenoxy) is 2. The Morgan fingerprint density at radius 1 is 1.25 bits per heavy atom. The van der Waals surface area contributed by atoms with Crippen LogP contribution in [0.3, 0.4) is 0 Å². The van der Waals surface area contributed by atoms with Gasteiger partial charge in [0.2, 0.25) is 11.8 Å². The van der Waals surface area contributed by atoms with E-state index in [1.54, 1.807) is 24.5 Å². The molecule has 0 radical (unpaired) electrons. The Morgan fingerprint density at radius 2 is 1.97 bits per heavy atom. The van der Waals surface area contributed by atoms with Gasteiger partial charge in [0, 0.05) is 18.5 Å². The summed E-state index contributed by atoms with van der Waals surface area (Å²) in [6, 6.07) is 4.36. The molecule has 2 aliphatic rings. The molecular formula is C22H27F2N5O3. The van der Waals surface area contributed by atoms with Crippen molar-refractivity contribution >= 4 is 11.8 Å². The Bertz CT molecular complexity index is 932. The zero-order valence-electron chi connectivity index (χ0n) is 18.1. The molecule has 1 amide bonds. The molecule has 1 atom stereocenters. The Balaban J connectivity index is 1.45. The van der Waals surface area contributed by atoms with Gasteiger partial charge in [-0.05, 0) is 43.2 Å². The third-order valence-electron chi connectivity index (χ3n) is 5.25. The minimum atomic E-state index is -2.71. The molecule has 2 aromatic heterocycles. The van der Waals surface area contributed by atoms with Crippen LogP contribution < -0.4 is 19.7 Å². The zero-order chi connectivity index (χ0) is 22.7. The number of pyridine rings is 1. The number of nitrogens with zero attached hydrogens (tertiary/aromatic N) is 4. The molecule has 1 aliphatic carbocycles. The van der Waals surface area contributed by atoms with Gasteiger partial charge < -0.3 is 19.7 Å². The van der Waals surface area contributed by atoms with Gasteiger partial charge in [-0.3, -0.25) is 0 Å². The molecule has 10 heteroatoms. The molecule has 1 unspecified atom stereocenters. The van der Waals surface area contributed by atoms with Gasteiger partial charge in [-0.1, -0.05) is 13.8 Å². The Hall–Kier alpha value is -3.04. The normalized spacial score (nSPS) is 18.1. The second-order valence-corrected chi connectivity index (χ2v) is 8.76. The van der Waals surface area contributed by atoms with Crippen LogP contribution in [-0.4, -0.2) is 46.7 Å². The first-order valence-corrected chi connectivity index (χ1v) is 10.8. The minimum absolute atomic E-state index is 0.0293. The number of hydrogen-bond donors (Lipinski definition) is 1. The second-order valence-electron chi connectivity index (χ2n) is 8.76. The van der Waals surface area contributed by atoms with Gasteiger partial charge in [-0.15, -0.1) is 0 Å². The molecule has 1 N–H and O–H groups in total. The second kappa shape index (κ2) is 9.22. The Labute approximate surface area is 185 Å². The highest BCUT2D eigenvalue weighted by atomic mass is 19.3. The Morgan fingerprint density at radius 3 is 2.59 bits per heavy atom. The molecule has 0 aromatic carbocycles. The third-order valence-corrected chi connectivity index (χ3v) is 5.25. The van der Waals surface area contributed by atoms with E-state index < -0.39 is 18.1 Å². The van der Waals surface area contributed by atoms with Crippen molar-refractivity contribution in [1.29, 1.82) is 0 Å². The van der Waals surface area contributed by atoms with Crippen molar-refractivity contribution in [3.63, 3.8) is 0 Å². The summed E-state index contributed by atoms with van der Waals surface area (Å²) in [5, 5.41) is 2.79. The molecule has 0 bridgehead atoms. The van der Waals surface area contributed by atoms with E-state index in [2.05, 4.69) is 20.3 Å². The number of halogens is 2. The van der Waals surface area contributed by atoms with Crippen LogP contribution in [0.5, 0.6) is 11.8 Å². The summed E-state index contributed by atoms with van der Waals surface area (Å²) in [5.41, 5.74) is 0.472. The number of anilines is 1. The maximum absolute atomic E-state index is 13.3. The molecule has 1 aliphatic heterocycles. The predicted molar refractivity (Wildman–Crippen MR) is 113 cm³/mol. The lowest BCUT2D eigenvalue weighted by Gasteiger charge is -2.40. The number of amides is 1. The van der Waals surface area contributed by atoms with E-state index in [1.807, 2.05) is 13.8 Å². The molecule has 3 heterocycles. The first kappa shape index (κ1) is 22.2. The number of aromatic nitrogens is 3. The average Bonchev–Trinajstić information content (AvgIpc) is 3.55. The fourth-order valence-electron chi connectivity index (χ4n) is 3.44. The van der Waals surface area contributed by atoms with E-state index in [4.69, 9.17) is 9.47 Å². The van der Waals surface area contributed by atoms with E-state index >= 15 is 0 Å². The predicted octanol–water partition coefficient (Wildman–Crippen LogP) is 3.99. The van der Waals surface area contributed by atoms with E-state index in [0.717, 1.165) is 12.8 Å². The molecule has 4 rings (SSSR count). The summed E-state index contributed by atoms with van der Waals surface area (Å²) in [7, 11) is 0. The van der Waals surface area contributed by atoms with Crippen LogP contribution in [0.15, 0.2) is 30.6 Å². The van der Waals surface area contributed by atoms with Gasteiger partial charge in [0.15, 0.2) is 5.82 Å². The van der Waals surface area contributed by atoms with Crippen LogP contribution >= 0.6 is 0 Å². The quantitative estimate of drug-likeness (QED) is 0.622. The number of nitrogens with one attached hydrogen (secondary N) is 1. The molecule has 2 aromatic rings. The number of rotatable bonds is 9. The van der Waals surface area contributed by atoms with E-state index in [9.17, 15) is 13.6 Å². The molecule has 8 nitrogen and oxygen atoms in total. The fraction of sp³-hybridized carbons (Fsp3) is 0.545. The van der Waals surface area contributed by atoms with Crippen molar-refractivity contribution in [2.24, 2.45) is 11.8 Å². The summed E-state index contributed by atoms with van der Waals surface area (Å²) >= 11 is 0. The zero-order valence-corrected chi connectivity index (χ0v) is 18.1. The SMILES string of the molecule is CC(C)CC(NC(=O)Oc1ccc(N2CC(F)(F)C2)c(OCC2CC2)n1)c1ncccn1. The van der Waals surface area contributed by atoms with Gasteiger partial charge in [-0.25, -0.2) is 23.5 Å². The van der Waals surface area contributed by atoms with Crippen molar-refractivity contribution in [1.82, 2.24) is 20.3 Å². The first-order chi connectivity index (χ1) is 15.3. The van der Waals surface area contributed by atoms with E-state index in [1.165, 1.54) is 11.0 Å². The number of carbonyl (C=O) groups excluding carboxylic acids is 1. The third kappa shape index (κ3) is 5.80. The van der Waals surface area contributed by atoms with Crippen LogP contribution in [0.1, 0.15) is 45.0 Å². The van der Waals surface area contributed by atoms with Crippen molar-refractivity contribution in [2.45, 2.75) is 45.1 Å².